The zero-order chi connectivity index (χ0) is 17.4. The number of nitrogens with one attached hydrogen (secondary N) is 1. The standard InChI is InChI=1S/C18H21N5O2/c1-21-11-15(10-20-21)23-7-6-22(12-17(23)24)18(25)16-8-13-4-2-3-5-14(13)9-19-16/h2-5,10-11,16,19H,6-9,12H2,1H3/t16-/m1/s1. The Labute approximate surface area is 146 Å². The summed E-state index contributed by atoms with van der Waals surface area (Å²) in [5.41, 5.74) is 3.23. The summed E-state index contributed by atoms with van der Waals surface area (Å²) in [4.78, 5) is 28.7. The van der Waals surface area contributed by atoms with Crippen molar-refractivity contribution in [1.29, 1.82) is 0 Å². The quantitative estimate of drug-likeness (QED) is 0.855. The SMILES string of the molecule is Cn1cc(N2CCN(C(=O)[C@H]3Cc4ccccc4CN3)CC2=O)cn1. The van der Waals surface area contributed by atoms with Crippen molar-refractivity contribution in [2.75, 3.05) is 24.5 Å². The molecule has 130 valence electrons. The Hall–Kier alpha value is -2.67. The van der Waals surface area contributed by atoms with Crippen LogP contribution in [-0.2, 0) is 29.6 Å². The van der Waals surface area contributed by atoms with E-state index in [0.717, 1.165) is 5.69 Å². The second-order valence-electron chi connectivity index (χ2n) is 6.58. The van der Waals surface area contributed by atoms with E-state index in [4.69, 9.17) is 0 Å². The van der Waals surface area contributed by atoms with E-state index in [9.17, 15) is 9.59 Å². The topological polar surface area (TPSA) is 70.5 Å². The van der Waals surface area contributed by atoms with Crippen LogP contribution in [0.25, 0.3) is 0 Å². The molecule has 0 aliphatic carbocycles. The molecule has 7 heteroatoms. The van der Waals surface area contributed by atoms with Gasteiger partial charge in [0.15, 0.2) is 0 Å². The number of hydrogen-bond acceptors (Lipinski definition) is 4. The van der Waals surface area contributed by atoms with Gasteiger partial charge in [0.05, 0.1) is 17.9 Å². The third-order valence-corrected chi connectivity index (χ3v) is 4.91. The Balaban J connectivity index is 1.42. The van der Waals surface area contributed by atoms with Gasteiger partial charge in [0.25, 0.3) is 0 Å². The molecular weight excluding hydrogens is 318 g/mol. The highest BCUT2D eigenvalue weighted by Crippen LogP contribution is 2.20. The minimum Gasteiger partial charge on any atom is -0.330 e. The molecule has 1 fully saturated rings. The summed E-state index contributed by atoms with van der Waals surface area (Å²) in [6.07, 6.45) is 4.16. The minimum atomic E-state index is -0.257. The first-order chi connectivity index (χ1) is 12.1. The van der Waals surface area contributed by atoms with Gasteiger partial charge in [0.1, 0.15) is 6.54 Å². The molecule has 25 heavy (non-hydrogen) atoms. The van der Waals surface area contributed by atoms with Gasteiger partial charge in [0, 0.05) is 32.9 Å². The van der Waals surface area contributed by atoms with Gasteiger partial charge in [-0.1, -0.05) is 24.3 Å². The summed E-state index contributed by atoms with van der Waals surface area (Å²) in [6, 6.07) is 7.91. The van der Waals surface area contributed by atoms with E-state index < -0.39 is 0 Å². The van der Waals surface area contributed by atoms with Gasteiger partial charge in [-0.05, 0) is 17.5 Å². The number of anilines is 1. The predicted molar refractivity (Wildman–Crippen MR) is 92.9 cm³/mol. The van der Waals surface area contributed by atoms with E-state index in [1.165, 1.54) is 11.1 Å². The molecule has 0 spiro atoms. The van der Waals surface area contributed by atoms with E-state index in [2.05, 4.69) is 22.5 Å². The summed E-state index contributed by atoms with van der Waals surface area (Å²) < 4.78 is 1.67. The summed E-state index contributed by atoms with van der Waals surface area (Å²) >= 11 is 0. The second kappa shape index (κ2) is 6.33. The van der Waals surface area contributed by atoms with E-state index in [1.54, 1.807) is 20.7 Å². The Morgan fingerprint density at radius 1 is 1.24 bits per heavy atom. The number of fused-ring (bicyclic) bond motifs is 1. The molecule has 1 aromatic carbocycles. The summed E-state index contributed by atoms with van der Waals surface area (Å²) in [5, 5.41) is 7.41. The Morgan fingerprint density at radius 3 is 2.76 bits per heavy atom. The fraction of sp³-hybridized carbons (Fsp3) is 0.389. The zero-order valence-corrected chi connectivity index (χ0v) is 14.2. The molecule has 2 aromatic rings. The second-order valence-corrected chi connectivity index (χ2v) is 6.58. The van der Waals surface area contributed by atoms with Gasteiger partial charge in [-0.3, -0.25) is 14.3 Å². The Kier molecular flexibility index (Phi) is 4.01. The van der Waals surface area contributed by atoms with E-state index in [0.29, 0.717) is 26.1 Å². The van der Waals surface area contributed by atoms with Crippen molar-refractivity contribution in [2.24, 2.45) is 7.05 Å². The first-order valence-electron chi connectivity index (χ1n) is 8.50. The number of nitrogens with zero attached hydrogens (tertiary/aromatic N) is 4. The lowest BCUT2D eigenvalue weighted by atomic mass is 9.95. The van der Waals surface area contributed by atoms with Crippen LogP contribution in [0.4, 0.5) is 5.69 Å². The maximum Gasteiger partial charge on any atom is 0.246 e. The minimum absolute atomic E-state index is 0.00805. The highest BCUT2D eigenvalue weighted by Gasteiger charge is 2.33. The van der Waals surface area contributed by atoms with Crippen molar-refractivity contribution >= 4 is 17.5 Å². The average molecular weight is 339 g/mol. The fourth-order valence-corrected chi connectivity index (χ4v) is 3.53. The molecule has 0 saturated carbocycles. The molecule has 7 nitrogen and oxygen atoms in total. The largest absolute Gasteiger partial charge is 0.330 e. The van der Waals surface area contributed by atoms with Crippen molar-refractivity contribution in [1.82, 2.24) is 20.0 Å². The van der Waals surface area contributed by atoms with Crippen LogP contribution >= 0.6 is 0 Å². The summed E-state index contributed by atoms with van der Waals surface area (Å²) in [7, 11) is 1.82. The molecule has 1 saturated heterocycles. The maximum atomic E-state index is 12.8. The molecular formula is C18H21N5O2. The first kappa shape index (κ1) is 15.8. The highest BCUT2D eigenvalue weighted by molar-refractivity contribution is 5.98. The molecule has 2 aliphatic heterocycles. The van der Waals surface area contributed by atoms with Crippen LogP contribution in [-0.4, -0.2) is 52.2 Å². The van der Waals surface area contributed by atoms with Crippen LogP contribution in [0.2, 0.25) is 0 Å². The van der Waals surface area contributed by atoms with Crippen molar-refractivity contribution in [3.8, 4) is 0 Å². The number of benzene rings is 1. The lowest BCUT2D eigenvalue weighted by molar-refractivity contribution is -0.138. The third-order valence-electron chi connectivity index (χ3n) is 4.91. The third kappa shape index (κ3) is 3.02. The smallest absolute Gasteiger partial charge is 0.246 e. The number of amides is 2. The maximum absolute atomic E-state index is 12.8. The molecule has 4 rings (SSSR count). The number of carbonyl (C=O) groups is 2. The van der Waals surface area contributed by atoms with Crippen molar-refractivity contribution in [2.45, 2.75) is 19.0 Å². The number of rotatable bonds is 2. The number of hydrogen-bond donors (Lipinski definition) is 1. The van der Waals surface area contributed by atoms with Gasteiger partial charge >= 0.3 is 0 Å². The van der Waals surface area contributed by atoms with Crippen LogP contribution in [0.15, 0.2) is 36.7 Å². The van der Waals surface area contributed by atoms with Crippen LogP contribution in [0.3, 0.4) is 0 Å². The molecule has 1 aromatic heterocycles. The van der Waals surface area contributed by atoms with E-state index >= 15 is 0 Å². The van der Waals surface area contributed by atoms with E-state index in [1.807, 2.05) is 25.4 Å². The van der Waals surface area contributed by atoms with Crippen LogP contribution in [0.1, 0.15) is 11.1 Å². The number of aryl methyl sites for hydroxylation is 1. The fourth-order valence-electron chi connectivity index (χ4n) is 3.53. The predicted octanol–water partition coefficient (Wildman–Crippen LogP) is 0.310. The number of piperazine rings is 1. The Bertz CT molecular complexity index is 815. The van der Waals surface area contributed by atoms with Gasteiger partial charge in [-0.25, -0.2) is 0 Å². The molecule has 0 bridgehead atoms. The molecule has 0 unspecified atom stereocenters. The van der Waals surface area contributed by atoms with Crippen molar-refractivity contribution in [3.63, 3.8) is 0 Å². The normalized spacial score (nSPS) is 20.5. The van der Waals surface area contributed by atoms with Crippen molar-refractivity contribution < 1.29 is 9.59 Å². The lowest BCUT2D eigenvalue weighted by Crippen LogP contribution is -2.57. The molecule has 2 amide bonds. The lowest BCUT2D eigenvalue weighted by Gasteiger charge is -2.36. The van der Waals surface area contributed by atoms with Crippen LogP contribution in [0.5, 0.6) is 0 Å². The highest BCUT2D eigenvalue weighted by atomic mass is 16.2. The zero-order valence-electron chi connectivity index (χ0n) is 14.2. The average Bonchev–Trinajstić information content (AvgIpc) is 3.06. The van der Waals surface area contributed by atoms with E-state index in [-0.39, 0.29) is 24.4 Å². The number of aromatic nitrogens is 2. The van der Waals surface area contributed by atoms with Crippen LogP contribution in [0, 0.1) is 0 Å². The summed E-state index contributed by atoms with van der Waals surface area (Å²) in [6.45, 7) is 1.85. The van der Waals surface area contributed by atoms with Gasteiger partial charge < -0.3 is 15.1 Å². The van der Waals surface area contributed by atoms with Gasteiger partial charge in [-0.15, -0.1) is 0 Å². The molecule has 1 N–H and O–H groups in total. The molecule has 1 atom stereocenters. The molecule has 2 aliphatic rings. The van der Waals surface area contributed by atoms with Gasteiger partial charge in [-0.2, -0.15) is 5.10 Å². The van der Waals surface area contributed by atoms with Crippen molar-refractivity contribution in [3.05, 3.63) is 47.8 Å². The molecule has 0 radical (unpaired) electrons. The monoisotopic (exact) mass is 339 g/mol. The summed E-state index contributed by atoms with van der Waals surface area (Å²) in [5.74, 6) is -0.0579. The Morgan fingerprint density at radius 2 is 2.04 bits per heavy atom. The number of carbonyl (C=O) groups excluding carboxylic acids is 2. The first-order valence-corrected chi connectivity index (χ1v) is 8.50. The van der Waals surface area contributed by atoms with Gasteiger partial charge in [0.2, 0.25) is 11.8 Å². The molecule has 3 heterocycles. The van der Waals surface area contributed by atoms with Crippen LogP contribution < -0.4 is 10.2 Å².